The highest BCUT2D eigenvalue weighted by Crippen LogP contribution is 2.32. The summed E-state index contributed by atoms with van der Waals surface area (Å²) in [5.41, 5.74) is 7.73. The van der Waals surface area contributed by atoms with Crippen LogP contribution in [0.4, 0.5) is 5.82 Å². The Balaban J connectivity index is 2.79. The topological polar surface area (TPSA) is 72.5 Å². The van der Waals surface area contributed by atoms with Crippen molar-refractivity contribution in [1.82, 2.24) is 20.0 Å². The van der Waals surface area contributed by atoms with Gasteiger partial charge < -0.3 is 5.73 Å². The molecule has 88 valence electrons. The van der Waals surface area contributed by atoms with Gasteiger partial charge in [0.15, 0.2) is 5.65 Å². The normalized spacial score (nSPS) is 12.9. The minimum atomic E-state index is -0.0314. The van der Waals surface area contributed by atoms with Crippen molar-refractivity contribution in [2.45, 2.75) is 46.1 Å². The maximum atomic E-state index is 5.92. The first-order valence-corrected chi connectivity index (χ1v) is 5.55. The molecule has 5 heteroatoms. The van der Waals surface area contributed by atoms with Gasteiger partial charge in [-0.15, -0.1) is 0 Å². The van der Waals surface area contributed by atoms with Crippen molar-refractivity contribution in [3.63, 3.8) is 0 Å². The molecule has 2 heterocycles. The van der Waals surface area contributed by atoms with Gasteiger partial charge in [0.1, 0.15) is 5.82 Å². The van der Waals surface area contributed by atoms with Crippen LogP contribution < -0.4 is 5.73 Å². The number of fused-ring (bicyclic) bond motifs is 1. The van der Waals surface area contributed by atoms with E-state index in [1.165, 1.54) is 0 Å². The van der Waals surface area contributed by atoms with E-state index in [0.29, 0.717) is 5.82 Å². The molecule has 2 aromatic heterocycles. The highest BCUT2D eigenvalue weighted by atomic mass is 15.4. The SMILES string of the molecule is CC(C)n1nc(C(C)(C)C)c2c(N)[nH]nc21. The van der Waals surface area contributed by atoms with Gasteiger partial charge in [-0.05, 0) is 13.8 Å². The zero-order valence-electron chi connectivity index (χ0n) is 10.5. The minimum Gasteiger partial charge on any atom is -0.383 e. The van der Waals surface area contributed by atoms with Gasteiger partial charge in [0.05, 0.1) is 11.1 Å². The van der Waals surface area contributed by atoms with Gasteiger partial charge in [0.2, 0.25) is 0 Å². The molecule has 0 aromatic carbocycles. The van der Waals surface area contributed by atoms with Crippen molar-refractivity contribution in [2.75, 3.05) is 5.73 Å². The van der Waals surface area contributed by atoms with Crippen LogP contribution in [0.25, 0.3) is 11.0 Å². The quantitative estimate of drug-likeness (QED) is 0.775. The maximum Gasteiger partial charge on any atom is 0.182 e. The molecule has 0 saturated carbocycles. The van der Waals surface area contributed by atoms with E-state index in [-0.39, 0.29) is 11.5 Å². The Morgan fingerprint density at radius 1 is 1.31 bits per heavy atom. The third kappa shape index (κ3) is 1.47. The van der Waals surface area contributed by atoms with E-state index < -0.39 is 0 Å². The van der Waals surface area contributed by atoms with E-state index in [0.717, 1.165) is 16.7 Å². The number of hydrogen-bond acceptors (Lipinski definition) is 3. The zero-order valence-corrected chi connectivity index (χ0v) is 10.5. The first kappa shape index (κ1) is 11.0. The second kappa shape index (κ2) is 3.23. The molecule has 5 nitrogen and oxygen atoms in total. The number of nitrogens with one attached hydrogen (secondary N) is 1. The van der Waals surface area contributed by atoms with E-state index >= 15 is 0 Å². The number of rotatable bonds is 1. The molecule has 0 aliphatic rings. The maximum absolute atomic E-state index is 5.92. The number of aromatic nitrogens is 4. The minimum absolute atomic E-state index is 0.0314. The number of hydrogen-bond donors (Lipinski definition) is 2. The van der Waals surface area contributed by atoms with Crippen LogP contribution >= 0.6 is 0 Å². The van der Waals surface area contributed by atoms with Crippen LogP contribution in [0.3, 0.4) is 0 Å². The summed E-state index contributed by atoms with van der Waals surface area (Å²) in [5.74, 6) is 0.604. The summed E-state index contributed by atoms with van der Waals surface area (Å²) in [4.78, 5) is 0. The van der Waals surface area contributed by atoms with Crippen LogP contribution in [0.1, 0.15) is 46.4 Å². The summed E-state index contributed by atoms with van der Waals surface area (Å²) in [7, 11) is 0. The Labute approximate surface area is 95.0 Å². The van der Waals surface area contributed by atoms with Crippen LogP contribution in [0.2, 0.25) is 0 Å². The third-order valence-corrected chi connectivity index (χ3v) is 2.64. The van der Waals surface area contributed by atoms with Gasteiger partial charge in [-0.1, -0.05) is 20.8 Å². The van der Waals surface area contributed by atoms with Crippen LogP contribution in [-0.2, 0) is 5.41 Å². The number of nitrogens with two attached hydrogens (primary N) is 1. The molecule has 0 fully saturated rings. The fourth-order valence-electron chi connectivity index (χ4n) is 1.83. The zero-order chi connectivity index (χ0) is 12.1. The lowest BCUT2D eigenvalue weighted by atomic mass is 9.91. The molecule has 0 saturated heterocycles. The molecule has 0 aliphatic heterocycles. The summed E-state index contributed by atoms with van der Waals surface area (Å²) < 4.78 is 1.92. The summed E-state index contributed by atoms with van der Waals surface area (Å²) >= 11 is 0. The Hall–Kier alpha value is -1.52. The van der Waals surface area contributed by atoms with Gasteiger partial charge in [-0.2, -0.15) is 10.2 Å². The van der Waals surface area contributed by atoms with Crippen molar-refractivity contribution < 1.29 is 0 Å². The molecular formula is C11H19N5. The molecular weight excluding hydrogens is 202 g/mol. The third-order valence-electron chi connectivity index (χ3n) is 2.64. The smallest absolute Gasteiger partial charge is 0.182 e. The number of nitrogen functional groups attached to an aromatic ring is 1. The van der Waals surface area contributed by atoms with Crippen molar-refractivity contribution in [3.8, 4) is 0 Å². The second-order valence-corrected chi connectivity index (χ2v) is 5.47. The highest BCUT2D eigenvalue weighted by molar-refractivity contribution is 5.89. The molecule has 2 rings (SSSR count). The van der Waals surface area contributed by atoms with Crippen LogP contribution in [0, 0.1) is 0 Å². The molecule has 0 amide bonds. The predicted molar refractivity (Wildman–Crippen MR) is 65.4 cm³/mol. The summed E-state index contributed by atoms with van der Waals surface area (Å²) in [6.07, 6.45) is 0. The fraction of sp³-hybridized carbons (Fsp3) is 0.636. The monoisotopic (exact) mass is 221 g/mol. The first-order chi connectivity index (χ1) is 7.32. The van der Waals surface area contributed by atoms with Gasteiger partial charge in [0, 0.05) is 11.5 Å². The van der Waals surface area contributed by atoms with Crippen molar-refractivity contribution in [1.29, 1.82) is 0 Å². The van der Waals surface area contributed by atoms with E-state index in [2.05, 4.69) is 49.9 Å². The number of H-pyrrole nitrogens is 1. The predicted octanol–water partition coefficient (Wildman–Crippen LogP) is 2.22. The van der Waals surface area contributed by atoms with E-state index in [1.807, 2.05) is 4.68 Å². The van der Waals surface area contributed by atoms with Crippen LogP contribution in [0.15, 0.2) is 0 Å². The summed E-state index contributed by atoms with van der Waals surface area (Å²) in [6, 6.07) is 0.279. The molecule has 3 N–H and O–H groups in total. The Morgan fingerprint density at radius 3 is 2.44 bits per heavy atom. The summed E-state index contributed by atoms with van der Waals surface area (Å²) in [5, 5.41) is 12.6. The number of anilines is 1. The molecule has 0 spiro atoms. The highest BCUT2D eigenvalue weighted by Gasteiger charge is 2.26. The molecule has 0 radical (unpaired) electrons. The van der Waals surface area contributed by atoms with E-state index in [4.69, 9.17) is 5.73 Å². The van der Waals surface area contributed by atoms with Crippen molar-refractivity contribution >= 4 is 16.9 Å². The van der Waals surface area contributed by atoms with Crippen LogP contribution in [-0.4, -0.2) is 20.0 Å². The molecule has 0 atom stereocenters. The number of nitrogens with zero attached hydrogens (tertiary/aromatic N) is 3. The average molecular weight is 221 g/mol. The Morgan fingerprint density at radius 2 is 1.94 bits per heavy atom. The molecule has 0 unspecified atom stereocenters. The first-order valence-electron chi connectivity index (χ1n) is 5.55. The molecule has 16 heavy (non-hydrogen) atoms. The lowest BCUT2D eigenvalue weighted by Crippen LogP contribution is -2.14. The van der Waals surface area contributed by atoms with E-state index in [9.17, 15) is 0 Å². The van der Waals surface area contributed by atoms with Gasteiger partial charge in [-0.25, -0.2) is 4.68 Å². The van der Waals surface area contributed by atoms with Gasteiger partial charge in [-0.3, -0.25) is 5.10 Å². The molecule has 2 aromatic rings. The second-order valence-electron chi connectivity index (χ2n) is 5.47. The number of aromatic amines is 1. The standard InChI is InChI=1S/C11H19N5/c1-6(2)16-10-7(9(12)13-14-10)8(15-16)11(3,4)5/h6H,1-5H3,(H3,12,13,14). The summed E-state index contributed by atoms with van der Waals surface area (Å²) in [6.45, 7) is 10.6. The average Bonchev–Trinajstić information content (AvgIpc) is 2.65. The Bertz CT molecular complexity index is 512. The molecule has 0 bridgehead atoms. The van der Waals surface area contributed by atoms with Gasteiger partial charge >= 0.3 is 0 Å². The van der Waals surface area contributed by atoms with Crippen molar-refractivity contribution in [2.24, 2.45) is 0 Å². The molecule has 0 aliphatic carbocycles. The Kier molecular flexibility index (Phi) is 2.22. The van der Waals surface area contributed by atoms with Crippen LogP contribution in [0.5, 0.6) is 0 Å². The van der Waals surface area contributed by atoms with Crippen molar-refractivity contribution in [3.05, 3.63) is 5.69 Å². The lowest BCUT2D eigenvalue weighted by molar-refractivity contribution is 0.502. The van der Waals surface area contributed by atoms with Gasteiger partial charge in [0.25, 0.3) is 0 Å². The largest absolute Gasteiger partial charge is 0.383 e. The van der Waals surface area contributed by atoms with E-state index in [1.54, 1.807) is 0 Å². The fourth-order valence-corrected chi connectivity index (χ4v) is 1.83. The lowest BCUT2D eigenvalue weighted by Gasteiger charge is -2.15.